The van der Waals surface area contributed by atoms with E-state index in [4.69, 9.17) is 0 Å². The lowest BCUT2D eigenvalue weighted by Gasteiger charge is -2.44. The topological polar surface area (TPSA) is 11.4 Å². The van der Waals surface area contributed by atoms with Gasteiger partial charge in [-0.2, -0.15) is 0 Å². The van der Waals surface area contributed by atoms with Crippen molar-refractivity contribution in [3.63, 3.8) is 0 Å². The zero-order valence-corrected chi connectivity index (χ0v) is 28.4. The maximum absolute atomic E-state index is 2.51. The molecular formula is C48H32BN3. The average Bonchev–Trinajstić information content (AvgIpc) is 3.55. The Bertz CT molecular complexity index is 2820. The second-order valence-corrected chi connectivity index (χ2v) is 13.7. The first kappa shape index (κ1) is 29.0. The van der Waals surface area contributed by atoms with Crippen LogP contribution in [-0.4, -0.2) is 11.3 Å². The Hall–Kier alpha value is -6.78. The van der Waals surface area contributed by atoms with Gasteiger partial charge in [-0.05, 0) is 88.7 Å². The van der Waals surface area contributed by atoms with Gasteiger partial charge in [0.15, 0.2) is 0 Å². The number of fused-ring (bicyclic) bond motifs is 7. The molecule has 52 heavy (non-hydrogen) atoms. The van der Waals surface area contributed by atoms with E-state index in [9.17, 15) is 0 Å². The highest BCUT2D eigenvalue weighted by Gasteiger charge is 2.43. The number of aromatic nitrogens is 1. The molecule has 2 aliphatic heterocycles. The van der Waals surface area contributed by atoms with E-state index in [2.05, 4.69) is 208 Å². The molecule has 0 amide bonds. The van der Waals surface area contributed by atoms with Crippen LogP contribution in [0, 0.1) is 0 Å². The first-order chi connectivity index (χ1) is 25.8. The summed E-state index contributed by atoms with van der Waals surface area (Å²) in [6.07, 6.45) is 0. The van der Waals surface area contributed by atoms with Crippen molar-refractivity contribution < 1.29 is 0 Å². The van der Waals surface area contributed by atoms with Crippen molar-refractivity contribution >= 4 is 79.0 Å². The average molecular weight is 662 g/mol. The van der Waals surface area contributed by atoms with E-state index in [1.54, 1.807) is 0 Å². The Kier molecular flexibility index (Phi) is 6.35. The van der Waals surface area contributed by atoms with Crippen molar-refractivity contribution in [1.29, 1.82) is 0 Å². The number of rotatable bonds is 4. The second-order valence-electron chi connectivity index (χ2n) is 13.7. The molecule has 9 aromatic rings. The molecule has 2 aliphatic rings. The Morgan fingerprint density at radius 3 is 1.63 bits per heavy atom. The van der Waals surface area contributed by atoms with Crippen molar-refractivity contribution in [2.45, 2.75) is 0 Å². The molecule has 3 nitrogen and oxygen atoms in total. The summed E-state index contributed by atoms with van der Waals surface area (Å²) in [6, 6.07) is 70.9. The lowest BCUT2D eigenvalue weighted by molar-refractivity contribution is 1.18. The summed E-state index contributed by atoms with van der Waals surface area (Å²) in [6.45, 7) is 0.111. The quantitative estimate of drug-likeness (QED) is 0.174. The van der Waals surface area contributed by atoms with E-state index >= 15 is 0 Å². The van der Waals surface area contributed by atoms with Gasteiger partial charge in [-0.1, -0.05) is 127 Å². The fourth-order valence-corrected chi connectivity index (χ4v) is 8.86. The monoisotopic (exact) mass is 661 g/mol. The normalized spacial score (nSPS) is 12.9. The van der Waals surface area contributed by atoms with E-state index in [0.29, 0.717) is 0 Å². The van der Waals surface area contributed by atoms with Gasteiger partial charge in [-0.15, -0.1) is 0 Å². The third-order valence-electron chi connectivity index (χ3n) is 11.0. The summed E-state index contributed by atoms with van der Waals surface area (Å²) in [5, 5.41) is 2.51. The molecule has 8 aromatic carbocycles. The lowest BCUT2D eigenvalue weighted by Crippen LogP contribution is -2.61. The first-order valence-corrected chi connectivity index (χ1v) is 18.0. The summed E-state index contributed by atoms with van der Waals surface area (Å²) in [5.74, 6) is 0. The zero-order valence-electron chi connectivity index (χ0n) is 28.4. The van der Waals surface area contributed by atoms with Crippen LogP contribution in [0.1, 0.15) is 0 Å². The molecule has 11 rings (SSSR count). The van der Waals surface area contributed by atoms with E-state index in [1.807, 2.05) is 0 Å². The molecule has 4 heteroatoms. The highest BCUT2D eigenvalue weighted by atomic mass is 15.2. The summed E-state index contributed by atoms with van der Waals surface area (Å²) in [5.41, 5.74) is 17.1. The molecular weight excluding hydrogens is 629 g/mol. The van der Waals surface area contributed by atoms with Crippen molar-refractivity contribution in [2.24, 2.45) is 0 Å². The minimum absolute atomic E-state index is 0.111. The first-order valence-electron chi connectivity index (χ1n) is 18.0. The van der Waals surface area contributed by atoms with Gasteiger partial charge in [-0.3, -0.25) is 0 Å². The Morgan fingerprint density at radius 1 is 0.346 bits per heavy atom. The van der Waals surface area contributed by atoms with Crippen LogP contribution in [0.2, 0.25) is 0 Å². The standard InChI is InChI=1S/C48H32BN3/c1-3-16-34(17-4-1)50-42-25-12-8-21-37(42)38-31-30-33(32-47(38)50)36-20-7-11-24-41(36)52-44-27-14-10-23-40(44)49-39-22-9-13-26-43(39)51(35-18-5-2-6-19-35)45-28-15-29-46(52)48(45)49/h1-32H. The molecule has 0 atom stereocenters. The van der Waals surface area contributed by atoms with Crippen LogP contribution in [-0.2, 0) is 0 Å². The van der Waals surface area contributed by atoms with Crippen LogP contribution in [0.4, 0.5) is 34.1 Å². The third-order valence-corrected chi connectivity index (χ3v) is 11.0. The van der Waals surface area contributed by atoms with Gasteiger partial charge in [0.05, 0.1) is 16.7 Å². The fraction of sp³-hybridized carbons (Fsp3) is 0. The molecule has 0 aliphatic carbocycles. The molecule has 0 N–H and O–H groups in total. The highest BCUT2D eigenvalue weighted by molar-refractivity contribution is 7.00. The molecule has 0 radical (unpaired) electrons. The van der Waals surface area contributed by atoms with E-state index < -0.39 is 0 Å². The maximum Gasteiger partial charge on any atom is 0.252 e. The third kappa shape index (κ3) is 4.15. The predicted molar refractivity (Wildman–Crippen MR) is 220 cm³/mol. The number of hydrogen-bond acceptors (Lipinski definition) is 2. The molecule has 1 aromatic heterocycles. The van der Waals surface area contributed by atoms with E-state index in [0.717, 1.165) is 17.1 Å². The highest BCUT2D eigenvalue weighted by Crippen LogP contribution is 2.46. The number of hydrogen-bond donors (Lipinski definition) is 0. The molecule has 242 valence electrons. The number of nitrogens with zero attached hydrogens (tertiary/aromatic N) is 3. The lowest BCUT2D eigenvalue weighted by atomic mass is 9.33. The van der Waals surface area contributed by atoms with Gasteiger partial charge < -0.3 is 14.4 Å². The minimum Gasteiger partial charge on any atom is -0.311 e. The van der Waals surface area contributed by atoms with Crippen LogP contribution >= 0.6 is 0 Å². The summed E-state index contributed by atoms with van der Waals surface area (Å²) in [4.78, 5) is 4.95. The second kappa shape index (κ2) is 11.4. The minimum atomic E-state index is 0.111. The van der Waals surface area contributed by atoms with Crippen LogP contribution in [0.5, 0.6) is 0 Å². The SMILES string of the molecule is c1ccc(N2c3ccccc3B3c4ccccc4N(c4ccccc4-c4ccc5c6ccccc6n(-c6ccccc6)c5c4)c4cccc2c43)cc1. The van der Waals surface area contributed by atoms with Crippen molar-refractivity contribution in [2.75, 3.05) is 9.80 Å². The Morgan fingerprint density at radius 2 is 0.885 bits per heavy atom. The molecule has 0 unspecified atom stereocenters. The molecule has 0 bridgehead atoms. The molecule has 0 fully saturated rings. The zero-order chi connectivity index (χ0) is 34.2. The van der Waals surface area contributed by atoms with Gasteiger partial charge in [0, 0.05) is 50.5 Å². The van der Waals surface area contributed by atoms with Gasteiger partial charge in [-0.25, -0.2) is 0 Å². The van der Waals surface area contributed by atoms with E-state index in [1.165, 1.54) is 72.1 Å². The van der Waals surface area contributed by atoms with Crippen LogP contribution in [0.3, 0.4) is 0 Å². The van der Waals surface area contributed by atoms with Crippen molar-refractivity contribution in [1.82, 2.24) is 4.57 Å². The number of para-hydroxylation sites is 6. The summed E-state index contributed by atoms with van der Waals surface area (Å²) in [7, 11) is 0. The van der Waals surface area contributed by atoms with E-state index in [-0.39, 0.29) is 6.71 Å². The van der Waals surface area contributed by atoms with Crippen LogP contribution < -0.4 is 26.2 Å². The van der Waals surface area contributed by atoms with Gasteiger partial charge in [0.2, 0.25) is 0 Å². The largest absolute Gasteiger partial charge is 0.311 e. The molecule has 0 saturated carbocycles. The van der Waals surface area contributed by atoms with Crippen molar-refractivity contribution in [3.05, 3.63) is 194 Å². The summed E-state index contributed by atoms with van der Waals surface area (Å²) < 4.78 is 2.40. The number of benzene rings is 8. The predicted octanol–water partition coefficient (Wildman–Crippen LogP) is 10.5. The fourth-order valence-electron chi connectivity index (χ4n) is 8.86. The van der Waals surface area contributed by atoms with Gasteiger partial charge >= 0.3 is 0 Å². The summed E-state index contributed by atoms with van der Waals surface area (Å²) >= 11 is 0. The van der Waals surface area contributed by atoms with Crippen LogP contribution in [0.15, 0.2) is 194 Å². The molecule has 0 saturated heterocycles. The van der Waals surface area contributed by atoms with Crippen LogP contribution in [0.25, 0.3) is 38.6 Å². The smallest absolute Gasteiger partial charge is 0.252 e. The van der Waals surface area contributed by atoms with Crippen molar-refractivity contribution in [3.8, 4) is 16.8 Å². The maximum atomic E-state index is 2.51. The number of anilines is 6. The Balaban J connectivity index is 1.16. The Labute approximate surface area is 303 Å². The van der Waals surface area contributed by atoms with Gasteiger partial charge in [0.1, 0.15) is 0 Å². The molecule has 3 heterocycles. The van der Waals surface area contributed by atoms with Gasteiger partial charge in [0.25, 0.3) is 6.71 Å². The molecule has 0 spiro atoms.